The number of carbonyl (C=O) groups is 1. The predicted molar refractivity (Wildman–Crippen MR) is 91.8 cm³/mol. The summed E-state index contributed by atoms with van der Waals surface area (Å²) in [6.07, 6.45) is 1.74. The Morgan fingerprint density at radius 3 is 2.70 bits per heavy atom. The summed E-state index contributed by atoms with van der Waals surface area (Å²) in [7, 11) is 1.63. The molecule has 0 aromatic heterocycles. The number of amidine groups is 1. The van der Waals surface area contributed by atoms with E-state index in [1.165, 1.54) is 0 Å². The highest BCUT2D eigenvalue weighted by molar-refractivity contribution is 6.35. The minimum atomic E-state index is -0.242. The lowest BCUT2D eigenvalue weighted by molar-refractivity contribution is -0.115. The Hall–Kier alpha value is -2.59. The van der Waals surface area contributed by atoms with Gasteiger partial charge in [0.25, 0.3) is 5.91 Å². The monoisotopic (exact) mass is 326 g/mol. The summed E-state index contributed by atoms with van der Waals surface area (Å²) in [4.78, 5) is 16.5. The van der Waals surface area contributed by atoms with E-state index in [2.05, 4.69) is 10.3 Å². The lowest BCUT2D eigenvalue weighted by atomic mass is 10.1. The third-order valence-electron chi connectivity index (χ3n) is 3.55. The summed E-state index contributed by atoms with van der Waals surface area (Å²) in [5.74, 6) is 1.04. The van der Waals surface area contributed by atoms with Gasteiger partial charge in [-0.2, -0.15) is 0 Å². The van der Waals surface area contributed by atoms with E-state index in [0.29, 0.717) is 22.1 Å². The quantitative estimate of drug-likeness (QED) is 0.877. The van der Waals surface area contributed by atoms with Crippen LogP contribution in [-0.4, -0.2) is 18.9 Å². The van der Waals surface area contributed by atoms with Crippen molar-refractivity contribution >= 4 is 29.4 Å². The zero-order chi connectivity index (χ0) is 16.4. The maximum atomic E-state index is 12.1. The van der Waals surface area contributed by atoms with Crippen molar-refractivity contribution < 1.29 is 9.53 Å². The number of hydrogen-bond acceptors (Lipinski definition) is 3. The average molecular weight is 327 g/mol. The first-order chi connectivity index (χ1) is 11.1. The van der Waals surface area contributed by atoms with E-state index in [9.17, 15) is 4.79 Å². The van der Waals surface area contributed by atoms with Crippen LogP contribution in [0, 0.1) is 6.92 Å². The lowest BCUT2D eigenvalue weighted by Crippen LogP contribution is -2.24. The lowest BCUT2D eigenvalue weighted by Gasteiger charge is -2.04. The predicted octanol–water partition coefficient (Wildman–Crippen LogP) is 3.57. The second-order valence-electron chi connectivity index (χ2n) is 5.15. The molecule has 0 saturated carbocycles. The van der Waals surface area contributed by atoms with E-state index >= 15 is 0 Å². The Labute approximate surface area is 139 Å². The maximum absolute atomic E-state index is 12.1. The molecule has 0 unspecified atom stereocenters. The highest BCUT2D eigenvalue weighted by atomic mass is 35.5. The molecule has 3 rings (SSSR count). The number of methoxy groups -OCH3 is 1. The average Bonchev–Trinajstić information content (AvgIpc) is 2.89. The summed E-state index contributed by atoms with van der Waals surface area (Å²) in [5.41, 5.74) is 2.94. The Morgan fingerprint density at radius 2 is 2.00 bits per heavy atom. The molecule has 1 amide bonds. The molecule has 1 aliphatic heterocycles. The number of hydrogen-bond donors (Lipinski definition) is 1. The minimum Gasteiger partial charge on any atom is -0.496 e. The molecule has 0 fully saturated rings. The number of nitrogens with one attached hydrogen (secondary N) is 1. The third kappa shape index (κ3) is 3.12. The van der Waals surface area contributed by atoms with E-state index in [0.717, 1.165) is 16.9 Å². The van der Waals surface area contributed by atoms with E-state index in [4.69, 9.17) is 16.3 Å². The van der Waals surface area contributed by atoms with Gasteiger partial charge in [-0.15, -0.1) is 0 Å². The molecule has 2 aromatic carbocycles. The van der Waals surface area contributed by atoms with Crippen molar-refractivity contribution in [1.82, 2.24) is 5.32 Å². The van der Waals surface area contributed by atoms with Crippen LogP contribution >= 0.6 is 11.6 Å². The second kappa shape index (κ2) is 6.26. The first-order valence-electron chi connectivity index (χ1n) is 7.10. The van der Waals surface area contributed by atoms with Crippen molar-refractivity contribution in [2.45, 2.75) is 6.92 Å². The molecule has 1 heterocycles. The van der Waals surface area contributed by atoms with Crippen molar-refractivity contribution in [2.75, 3.05) is 7.11 Å². The van der Waals surface area contributed by atoms with Crippen LogP contribution in [0.4, 0.5) is 0 Å². The first-order valence-corrected chi connectivity index (χ1v) is 7.47. The van der Waals surface area contributed by atoms with Crippen LogP contribution < -0.4 is 10.1 Å². The summed E-state index contributed by atoms with van der Waals surface area (Å²) in [6.45, 7) is 1.95. The van der Waals surface area contributed by atoms with Gasteiger partial charge in [-0.3, -0.25) is 4.79 Å². The molecule has 0 aliphatic carbocycles. The molecule has 2 aromatic rings. The van der Waals surface area contributed by atoms with Crippen LogP contribution in [0.3, 0.4) is 0 Å². The van der Waals surface area contributed by atoms with Gasteiger partial charge in [0.1, 0.15) is 17.3 Å². The van der Waals surface area contributed by atoms with Gasteiger partial charge >= 0.3 is 0 Å². The summed E-state index contributed by atoms with van der Waals surface area (Å²) < 4.78 is 5.24. The van der Waals surface area contributed by atoms with Crippen molar-refractivity contribution in [3.05, 3.63) is 69.9 Å². The zero-order valence-electron chi connectivity index (χ0n) is 12.8. The first kappa shape index (κ1) is 15.3. The van der Waals surface area contributed by atoms with Gasteiger partial charge in [0.05, 0.1) is 12.1 Å². The zero-order valence-corrected chi connectivity index (χ0v) is 13.5. The van der Waals surface area contributed by atoms with Crippen LogP contribution in [0.2, 0.25) is 5.02 Å². The van der Waals surface area contributed by atoms with Crippen molar-refractivity contribution in [1.29, 1.82) is 0 Å². The number of ether oxygens (including phenoxy) is 1. The number of aryl methyl sites for hydroxylation is 1. The van der Waals surface area contributed by atoms with Crippen LogP contribution in [-0.2, 0) is 4.79 Å². The van der Waals surface area contributed by atoms with E-state index in [-0.39, 0.29) is 5.91 Å². The normalized spacial score (nSPS) is 15.5. The van der Waals surface area contributed by atoms with E-state index in [1.54, 1.807) is 19.3 Å². The van der Waals surface area contributed by atoms with Gasteiger partial charge in [0, 0.05) is 5.56 Å². The van der Waals surface area contributed by atoms with Gasteiger partial charge in [-0.25, -0.2) is 4.99 Å². The summed E-state index contributed by atoms with van der Waals surface area (Å²) in [6, 6.07) is 13.0. The topological polar surface area (TPSA) is 50.7 Å². The highest BCUT2D eigenvalue weighted by Crippen LogP contribution is 2.23. The largest absolute Gasteiger partial charge is 0.496 e. The molecule has 0 atom stereocenters. The van der Waals surface area contributed by atoms with Gasteiger partial charge in [-0.1, -0.05) is 29.8 Å². The number of aliphatic imine (C=N–C) groups is 1. The number of carbonyl (C=O) groups excluding carboxylic acids is 1. The SMILES string of the molecule is COc1ccc(/C=C2/N=C(c3ccccc3Cl)NC2=O)cc1C. The fraction of sp³-hybridized carbons (Fsp3) is 0.111. The minimum absolute atomic E-state index is 0.242. The standard InChI is InChI=1S/C18H15ClN2O2/c1-11-9-12(7-8-16(11)23-2)10-15-18(22)21-17(20-15)13-5-3-4-6-14(13)19/h3-10H,1-2H3,(H,20,21,22)/b15-10+. The molecule has 0 radical (unpaired) electrons. The van der Waals surface area contributed by atoms with Gasteiger partial charge in [0.15, 0.2) is 0 Å². The highest BCUT2D eigenvalue weighted by Gasteiger charge is 2.22. The summed E-state index contributed by atoms with van der Waals surface area (Å²) >= 11 is 6.15. The Bertz CT molecular complexity index is 841. The molecule has 116 valence electrons. The fourth-order valence-corrected chi connectivity index (χ4v) is 2.62. The number of benzene rings is 2. The number of nitrogens with zero attached hydrogens (tertiary/aromatic N) is 1. The molecule has 0 bridgehead atoms. The molecule has 4 nitrogen and oxygen atoms in total. The Balaban J connectivity index is 1.95. The smallest absolute Gasteiger partial charge is 0.275 e. The number of amides is 1. The Morgan fingerprint density at radius 1 is 1.22 bits per heavy atom. The molecule has 23 heavy (non-hydrogen) atoms. The van der Waals surface area contributed by atoms with Crippen molar-refractivity contribution in [2.24, 2.45) is 4.99 Å². The fourth-order valence-electron chi connectivity index (χ4n) is 2.40. The van der Waals surface area contributed by atoms with Crippen LogP contribution in [0.15, 0.2) is 53.2 Å². The van der Waals surface area contributed by atoms with E-state index < -0.39 is 0 Å². The summed E-state index contributed by atoms with van der Waals surface area (Å²) in [5, 5.41) is 3.30. The van der Waals surface area contributed by atoms with Crippen LogP contribution in [0.1, 0.15) is 16.7 Å². The van der Waals surface area contributed by atoms with E-state index in [1.807, 2.05) is 43.3 Å². The molecular weight excluding hydrogens is 312 g/mol. The van der Waals surface area contributed by atoms with Gasteiger partial charge in [0.2, 0.25) is 0 Å². The van der Waals surface area contributed by atoms with Gasteiger partial charge < -0.3 is 10.1 Å². The number of rotatable bonds is 3. The van der Waals surface area contributed by atoms with Crippen molar-refractivity contribution in [3.8, 4) is 5.75 Å². The second-order valence-corrected chi connectivity index (χ2v) is 5.56. The molecule has 1 aliphatic rings. The van der Waals surface area contributed by atoms with Crippen molar-refractivity contribution in [3.63, 3.8) is 0 Å². The molecule has 0 saturated heterocycles. The molecule has 1 N–H and O–H groups in total. The molecule has 0 spiro atoms. The third-order valence-corrected chi connectivity index (χ3v) is 3.88. The van der Waals surface area contributed by atoms with Gasteiger partial charge in [-0.05, 0) is 48.4 Å². The number of halogens is 1. The Kier molecular flexibility index (Phi) is 4.17. The molecular formula is C18H15ClN2O2. The van der Waals surface area contributed by atoms with Crippen LogP contribution in [0.25, 0.3) is 6.08 Å². The van der Waals surface area contributed by atoms with Crippen LogP contribution in [0.5, 0.6) is 5.75 Å². The maximum Gasteiger partial charge on any atom is 0.275 e. The molecule has 5 heteroatoms.